The van der Waals surface area contributed by atoms with Gasteiger partial charge >= 0.3 is 12.1 Å². The van der Waals surface area contributed by atoms with Crippen LogP contribution in [0.4, 0.5) is 28.5 Å². The minimum Gasteiger partial charge on any atom is -0.480 e. The van der Waals surface area contributed by atoms with Crippen molar-refractivity contribution in [1.82, 2.24) is 15.3 Å². The summed E-state index contributed by atoms with van der Waals surface area (Å²) >= 11 is 7.20. The van der Waals surface area contributed by atoms with Crippen molar-refractivity contribution < 1.29 is 32.3 Å². The van der Waals surface area contributed by atoms with Gasteiger partial charge < -0.3 is 15.3 Å². The molecule has 1 atom stereocenters. The topological polar surface area (TPSA) is 107 Å². The lowest BCUT2D eigenvalue weighted by Gasteiger charge is -2.32. The Hall–Kier alpha value is -3.29. The number of aliphatic carboxylic acids is 1. The summed E-state index contributed by atoms with van der Waals surface area (Å²) in [5.41, 5.74) is -1.74. The van der Waals surface area contributed by atoms with Gasteiger partial charge in [-0.05, 0) is 18.2 Å². The average molecular weight is 530 g/mol. The molecule has 2 aromatic heterocycles. The third-order valence-corrected chi connectivity index (χ3v) is 6.20. The third kappa shape index (κ3) is 5.36. The molecular formula is C21H16ClF4N5O3S. The number of nitrogens with one attached hydrogen (secondary N) is 2. The van der Waals surface area contributed by atoms with Crippen molar-refractivity contribution in [2.24, 2.45) is 0 Å². The highest BCUT2D eigenvalue weighted by Gasteiger charge is 2.35. The summed E-state index contributed by atoms with van der Waals surface area (Å²) in [5.74, 6) is -2.77. The zero-order valence-corrected chi connectivity index (χ0v) is 19.1. The van der Waals surface area contributed by atoms with Crippen LogP contribution >= 0.6 is 22.9 Å². The number of piperazine rings is 1. The Labute approximate surface area is 204 Å². The molecule has 0 aliphatic carbocycles. The van der Waals surface area contributed by atoms with Gasteiger partial charge in [0.2, 0.25) is 0 Å². The number of carbonyl (C=O) groups excluding carboxylic acids is 1. The number of carboxylic acids is 1. The van der Waals surface area contributed by atoms with Crippen LogP contribution in [-0.2, 0) is 11.0 Å². The van der Waals surface area contributed by atoms with E-state index in [0.717, 1.165) is 17.4 Å². The minimum absolute atomic E-state index is 0.0356. The van der Waals surface area contributed by atoms with E-state index in [0.29, 0.717) is 25.0 Å². The lowest BCUT2D eigenvalue weighted by atomic mass is 10.1. The number of halogens is 5. The van der Waals surface area contributed by atoms with Gasteiger partial charge in [0.25, 0.3) is 5.91 Å². The van der Waals surface area contributed by atoms with Crippen molar-refractivity contribution in [1.29, 1.82) is 0 Å². The Morgan fingerprint density at radius 2 is 2.09 bits per heavy atom. The van der Waals surface area contributed by atoms with Gasteiger partial charge in [0, 0.05) is 36.8 Å². The molecule has 3 N–H and O–H groups in total. The molecule has 0 bridgehead atoms. The van der Waals surface area contributed by atoms with Gasteiger partial charge in [-0.1, -0.05) is 17.7 Å². The zero-order chi connectivity index (χ0) is 25.3. The van der Waals surface area contributed by atoms with Crippen LogP contribution in [-0.4, -0.2) is 52.6 Å². The molecular weight excluding hydrogens is 514 g/mol. The van der Waals surface area contributed by atoms with Gasteiger partial charge in [0.05, 0.1) is 21.8 Å². The molecule has 0 radical (unpaired) electrons. The molecule has 35 heavy (non-hydrogen) atoms. The van der Waals surface area contributed by atoms with Crippen LogP contribution in [0, 0.1) is 5.82 Å². The van der Waals surface area contributed by atoms with Crippen molar-refractivity contribution in [3.8, 4) is 11.3 Å². The monoisotopic (exact) mass is 529 g/mol. The Balaban J connectivity index is 1.49. The fraction of sp³-hybridized carbons (Fsp3) is 0.238. The predicted molar refractivity (Wildman–Crippen MR) is 121 cm³/mol. The van der Waals surface area contributed by atoms with E-state index in [1.54, 1.807) is 4.90 Å². The highest BCUT2D eigenvalue weighted by atomic mass is 35.5. The number of benzene rings is 1. The molecule has 184 valence electrons. The van der Waals surface area contributed by atoms with E-state index in [1.165, 1.54) is 23.7 Å². The first-order chi connectivity index (χ1) is 16.5. The Morgan fingerprint density at radius 3 is 2.77 bits per heavy atom. The zero-order valence-electron chi connectivity index (χ0n) is 17.6. The van der Waals surface area contributed by atoms with E-state index < -0.39 is 35.5 Å². The second kappa shape index (κ2) is 9.76. The number of aromatic nitrogens is 2. The molecule has 1 aliphatic heterocycles. The highest BCUT2D eigenvalue weighted by molar-refractivity contribution is 7.14. The van der Waals surface area contributed by atoms with Crippen LogP contribution in [0.1, 0.15) is 15.9 Å². The number of nitrogens with zero attached hydrogens (tertiary/aromatic N) is 3. The van der Waals surface area contributed by atoms with Gasteiger partial charge in [-0.15, -0.1) is 11.3 Å². The quantitative estimate of drug-likeness (QED) is 0.427. The van der Waals surface area contributed by atoms with E-state index in [4.69, 9.17) is 11.6 Å². The molecule has 0 saturated carbocycles. The Kier molecular flexibility index (Phi) is 6.92. The van der Waals surface area contributed by atoms with Crippen LogP contribution in [0.15, 0.2) is 35.8 Å². The smallest absolute Gasteiger partial charge is 0.419 e. The fourth-order valence-electron chi connectivity index (χ4n) is 3.47. The van der Waals surface area contributed by atoms with Gasteiger partial charge in [-0.25, -0.2) is 14.4 Å². The van der Waals surface area contributed by atoms with Crippen molar-refractivity contribution in [3.63, 3.8) is 0 Å². The maximum absolute atomic E-state index is 14.4. The van der Waals surface area contributed by atoms with Crippen LogP contribution < -0.4 is 15.5 Å². The standard InChI is InChI=1S/C21H16ClF4N5O3S/c22-13-6-10(7-28-17(13)31-5-4-27-14(8-31)19(33)34)18(32)30-20-29-15(9-35-20)11-2-1-3-12(16(11)23)21(24,25)26/h1-3,6-7,9,14,27H,4-5,8H2,(H,33,34)(H,29,30,32). The van der Waals surface area contributed by atoms with E-state index in [2.05, 4.69) is 20.6 Å². The van der Waals surface area contributed by atoms with Crippen LogP contribution in [0.25, 0.3) is 11.3 Å². The molecule has 8 nitrogen and oxygen atoms in total. The fourth-order valence-corrected chi connectivity index (χ4v) is 4.46. The normalized spacial score (nSPS) is 16.3. The van der Waals surface area contributed by atoms with Gasteiger partial charge in [-0.3, -0.25) is 14.9 Å². The number of alkyl halides is 3. The summed E-state index contributed by atoms with van der Waals surface area (Å²) < 4.78 is 53.3. The molecule has 3 aromatic rings. The second-order valence-corrected chi connectivity index (χ2v) is 8.74. The van der Waals surface area contributed by atoms with E-state index in [-0.39, 0.29) is 33.5 Å². The highest BCUT2D eigenvalue weighted by Crippen LogP contribution is 2.36. The SMILES string of the molecule is O=C(Nc1nc(-c2cccc(C(F)(F)F)c2F)cs1)c1cnc(N2CCNC(C(=O)O)C2)c(Cl)c1. The van der Waals surface area contributed by atoms with Crippen molar-refractivity contribution in [2.45, 2.75) is 12.2 Å². The van der Waals surface area contributed by atoms with E-state index in [9.17, 15) is 32.3 Å². The third-order valence-electron chi connectivity index (χ3n) is 5.16. The molecule has 1 fully saturated rings. The number of carboxylic acid groups (broad SMARTS) is 1. The summed E-state index contributed by atoms with van der Waals surface area (Å²) in [7, 11) is 0. The summed E-state index contributed by atoms with van der Waals surface area (Å²) in [5, 5.41) is 16.0. The van der Waals surface area contributed by atoms with Crippen molar-refractivity contribution in [2.75, 3.05) is 29.9 Å². The summed E-state index contributed by atoms with van der Waals surface area (Å²) in [6.07, 6.45) is -3.60. The van der Waals surface area contributed by atoms with E-state index in [1.807, 2.05) is 0 Å². The minimum atomic E-state index is -4.86. The van der Waals surface area contributed by atoms with Crippen LogP contribution in [0.2, 0.25) is 5.02 Å². The molecule has 14 heteroatoms. The Morgan fingerprint density at radius 1 is 1.31 bits per heavy atom. The Bertz CT molecular complexity index is 1290. The first-order valence-electron chi connectivity index (χ1n) is 10.0. The van der Waals surface area contributed by atoms with Crippen LogP contribution in [0.3, 0.4) is 0 Å². The number of carbonyl (C=O) groups is 2. The molecule has 1 aromatic carbocycles. The predicted octanol–water partition coefficient (Wildman–Crippen LogP) is 4.13. The second-order valence-electron chi connectivity index (χ2n) is 7.48. The number of thiazole rings is 1. The molecule has 3 heterocycles. The lowest BCUT2D eigenvalue weighted by Crippen LogP contribution is -2.54. The molecule has 4 rings (SSSR count). The van der Waals surface area contributed by atoms with Crippen molar-refractivity contribution in [3.05, 3.63) is 57.8 Å². The maximum atomic E-state index is 14.4. The molecule has 1 saturated heterocycles. The summed E-state index contributed by atoms with van der Waals surface area (Å²) in [6.45, 7) is 1.02. The number of amides is 1. The van der Waals surface area contributed by atoms with Gasteiger partial charge in [0.1, 0.15) is 17.7 Å². The largest absolute Gasteiger partial charge is 0.480 e. The molecule has 1 aliphatic rings. The van der Waals surface area contributed by atoms with Gasteiger partial charge in [-0.2, -0.15) is 13.2 Å². The first kappa shape index (κ1) is 24.8. The number of hydrogen-bond donors (Lipinski definition) is 3. The lowest BCUT2D eigenvalue weighted by molar-refractivity contribution is -0.140. The molecule has 0 spiro atoms. The molecule has 1 unspecified atom stereocenters. The number of anilines is 2. The first-order valence-corrected chi connectivity index (χ1v) is 11.3. The summed E-state index contributed by atoms with van der Waals surface area (Å²) in [4.78, 5) is 33.8. The maximum Gasteiger partial charge on any atom is 0.419 e. The van der Waals surface area contributed by atoms with Gasteiger partial charge in [0.15, 0.2) is 5.13 Å². The van der Waals surface area contributed by atoms with Crippen LogP contribution in [0.5, 0.6) is 0 Å². The van der Waals surface area contributed by atoms with Crippen molar-refractivity contribution >= 4 is 45.8 Å². The average Bonchev–Trinajstić information content (AvgIpc) is 3.26. The summed E-state index contributed by atoms with van der Waals surface area (Å²) in [6, 6.07) is 3.45. The number of pyridine rings is 1. The van der Waals surface area contributed by atoms with E-state index >= 15 is 0 Å². The number of hydrogen-bond acceptors (Lipinski definition) is 7. The number of rotatable bonds is 5. The molecule has 1 amide bonds.